The molecule has 0 amide bonds. The Hall–Kier alpha value is -4.63. The Morgan fingerprint density at radius 3 is 2.51 bits per heavy atom. The van der Waals surface area contributed by atoms with Crippen LogP contribution in [-0.2, 0) is 28.9 Å². The number of ether oxygens (including phenoxy) is 1. The van der Waals surface area contributed by atoms with E-state index in [2.05, 4.69) is 36.0 Å². The summed E-state index contributed by atoms with van der Waals surface area (Å²) in [5, 5.41) is 50.4. The van der Waals surface area contributed by atoms with Crippen molar-refractivity contribution in [3.05, 3.63) is 64.2 Å². The van der Waals surface area contributed by atoms with Crippen LogP contribution in [-0.4, -0.2) is 70.3 Å². The number of piperidine rings is 1. The number of methoxy groups -OCH3 is 1. The number of phenols is 2. The second-order valence-electron chi connectivity index (χ2n) is 17.6. The fourth-order valence-electron chi connectivity index (χ4n) is 9.64. The van der Waals surface area contributed by atoms with Crippen LogP contribution in [0.1, 0.15) is 124 Å². The van der Waals surface area contributed by atoms with Crippen molar-refractivity contribution in [1.82, 2.24) is 5.32 Å². The number of Topliss-reactive ketones (excluding diaryl/α,β-unsaturated/α-hetero) is 2. The first kappa shape index (κ1) is 43.9. The average molecular weight is 809 g/mol. The molecule has 11 nitrogen and oxygen atoms in total. The van der Waals surface area contributed by atoms with Gasteiger partial charge in [-0.3, -0.25) is 14.6 Å². The van der Waals surface area contributed by atoms with Crippen molar-refractivity contribution in [2.75, 3.05) is 20.2 Å². The summed E-state index contributed by atoms with van der Waals surface area (Å²) in [5.74, 6) is 7.44. The van der Waals surface area contributed by atoms with Gasteiger partial charge < -0.3 is 41.9 Å². The van der Waals surface area contributed by atoms with Gasteiger partial charge in [0, 0.05) is 37.8 Å². The molecule has 0 unspecified atom stereocenters. The summed E-state index contributed by atoms with van der Waals surface area (Å²) in [6, 6.07) is 11.3. The van der Waals surface area contributed by atoms with Crippen LogP contribution < -0.4 is 21.5 Å². The van der Waals surface area contributed by atoms with Crippen LogP contribution in [0.5, 0.6) is 17.2 Å². The van der Waals surface area contributed by atoms with Crippen molar-refractivity contribution >= 4 is 28.3 Å². The van der Waals surface area contributed by atoms with Crippen LogP contribution >= 0.6 is 0 Å². The van der Waals surface area contributed by atoms with E-state index in [0.717, 1.165) is 83.7 Å². The fourth-order valence-corrected chi connectivity index (χ4v) is 9.64. The van der Waals surface area contributed by atoms with Gasteiger partial charge in [-0.15, -0.1) is 0 Å². The molecule has 11 heteroatoms. The van der Waals surface area contributed by atoms with E-state index in [1.54, 1.807) is 24.3 Å². The summed E-state index contributed by atoms with van der Waals surface area (Å²) in [7, 11) is 1.49. The Bertz CT molecular complexity index is 2070. The molecule has 2 aliphatic carbocycles. The molecule has 6 rings (SSSR count). The molecule has 1 saturated carbocycles. The van der Waals surface area contributed by atoms with Gasteiger partial charge in [-0.1, -0.05) is 44.6 Å². The molecular weight excluding hydrogens is 745 g/mol. The van der Waals surface area contributed by atoms with Gasteiger partial charge >= 0.3 is 0 Å². The lowest BCUT2D eigenvalue weighted by molar-refractivity contribution is -0.124. The summed E-state index contributed by atoms with van der Waals surface area (Å²) >= 11 is 0. The van der Waals surface area contributed by atoms with E-state index in [0.29, 0.717) is 86.8 Å². The molecule has 7 atom stereocenters. The normalized spacial score (nSPS) is 22.9. The number of aromatic hydroxyl groups is 2. The van der Waals surface area contributed by atoms with Crippen LogP contribution in [0.4, 0.5) is 0 Å². The van der Waals surface area contributed by atoms with Gasteiger partial charge in [-0.2, -0.15) is 0 Å². The minimum absolute atomic E-state index is 0.00377. The first-order chi connectivity index (χ1) is 28.3. The van der Waals surface area contributed by atoms with E-state index in [9.17, 15) is 30.0 Å². The summed E-state index contributed by atoms with van der Waals surface area (Å²) < 4.78 is 5.44. The molecule has 0 spiro atoms. The highest BCUT2D eigenvalue weighted by atomic mass is 16.5. The molecule has 318 valence electrons. The van der Waals surface area contributed by atoms with Gasteiger partial charge in [-0.25, -0.2) is 0 Å². The predicted molar refractivity (Wildman–Crippen MR) is 231 cm³/mol. The first-order valence-corrected chi connectivity index (χ1v) is 21.7. The van der Waals surface area contributed by atoms with E-state index >= 15 is 0 Å². The molecule has 1 saturated heterocycles. The number of benzene rings is 3. The number of aliphatic imine (C=N–C) groups is 1. The number of ketones is 2. The summed E-state index contributed by atoms with van der Waals surface area (Å²) in [5.41, 5.74) is 15.5. The third-order valence-electron chi connectivity index (χ3n) is 12.7. The third kappa shape index (κ3) is 11.4. The van der Waals surface area contributed by atoms with Crippen LogP contribution in [0.25, 0.3) is 10.8 Å². The minimum Gasteiger partial charge on any atom is -0.508 e. The van der Waals surface area contributed by atoms with Gasteiger partial charge in [-0.05, 0) is 151 Å². The van der Waals surface area contributed by atoms with Crippen molar-refractivity contribution in [2.45, 2.75) is 128 Å². The SMILES string of the molecule is COc1cc2c(cc1O)[C@H](CC[C@H](O)c1cc(CCN=C(N)N)c3cc(O)cc(CC(C)C)c3c1)C#C[C@H]([C@H](O)CCCC[C@@H]1CN[C@@H]3CC(=O)CC[C@@H]3C1)C(=O)CC2. The third-order valence-corrected chi connectivity index (χ3v) is 12.7. The average Bonchev–Trinajstić information content (AvgIpc) is 3.25. The number of unbranched alkanes of at least 4 members (excludes halogenated alkanes) is 1. The molecular formula is C48H64N4O7. The number of hydrogen-bond acceptors (Lipinski definition) is 9. The van der Waals surface area contributed by atoms with E-state index < -0.39 is 24.0 Å². The molecule has 59 heavy (non-hydrogen) atoms. The Kier molecular flexibility index (Phi) is 15.0. The van der Waals surface area contributed by atoms with Crippen molar-refractivity contribution in [3.8, 4) is 29.1 Å². The molecule has 9 N–H and O–H groups in total. The monoisotopic (exact) mass is 808 g/mol. The highest BCUT2D eigenvalue weighted by Crippen LogP contribution is 2.39. The molecule has 1 aliphatic heterocycles. The highest BCUT2D eigenvalue weighted by Gasteiger charge is 2.35. The molecule has 3 aromatic rings. The van der Waals surface area contributed by atoms with Crippen molar-refractivity contribution < 1.29 is 34.8 Å². The molecule has 0 bridgehead atoms. The van der Waals surface area contributed by atoms with Crippen LogP contribution in [0, 0.1) is 35.5 Å². The topological polar surface area (TPSA) is 201 Å². The zero-order valence-corrected chi connectivity index (χ0v) is 35.0. The van der Waals surface area contributed by atoms with E-state index in [-0.39, 0.29) is 29.7 Å². The van der Waals surface area contributed by atoms with E-state index in [1.807, 2.05) is 12.1 Å². The maximum Gasteiger partial charge on any atom is 0.185 e. The van der Waals surface area contributed by atoms with Crippen molar-refractivity contribution in [1.29, 1.82) is 0 Å². The predicted octanol–water partition coefficient (Wildman–Crippen LogP) is 6.27. The van der Waals surface area contributed by atoms with Gasteiger partial charge in [0.05, 0.1) is 19.3 Å². The Labute approximate surface area is 349 Å². The maximum absolute atomic E-state index is 13.7. The number of nitrogens with two attached hydrogens (primary N) is 2. The number of hydrogen-bond donors (Lipinski definition) is 7. The van der Waals surface area contributed by atoms with E-state index in [4.69, 9.17) is 16.2 Å². The van der Waals surface area contributed by atoms with Gasteiger partial charge in [0.2, 0.25) is 0 Å². The minimum atomic E-state index is -0.905. The van der Waals surface area contributed by atoms with E-state index in [1.165, 1.54) is 7.11 Å². The molecule has 0 aromatic heterocycles. The molecule has 3 aliphatic rings. The molecule has 0 radical (unpaired) electrons. The van der Waals surface area contributed by atoms with Gasteiger partial charge in [0.25, 0.3) is 0 Å². The standard InChI is InChI=1S/C48H64N4O7/c1-28(2)18-34-21-37(54)24-41-32(16-17-51-48(49)50)20-35(22-40(34)41)43(55)14-10-30-9-13-38(45(57)15-11-31-23-47(59-3)46(58)26-39(30)31)44(56)7-5-4-6-29-19-33-8-12-36(53)25-42(33)52-27-29/h20-24,26,28-30,33,38,42-44,52,54-56,58H,4-8,10-12,14-19,25,27H2,1-3H3,(H4,49,50,51)/t29-,30-,33+,38+,42+,43-,44+/m0/s1. The van der Waals surface area contributed by atoms with Crippen molar-refractivity contribution in [2.24, 2.45) is 40.1 Å². The first-order valence-electron chi connectivity index (χ1n) is 21.7. The second kappa shape index (κ2) is 20.1. The summed E-state index contributed by atoms with van der Waals surface area (Å²) in [6.45, 7) is 5.52. The van der Waals surface area contributed by atoms with Gasteiger partial charge in [0.1, 0.15) is 17.5 Å². The number of nitrogens with one attached hydrogen (secondary N) is 1. The number of guanidine groups is 1. The summed E-state index contributed by atoms with van der Waals surface area (Å²) in [4.78, 5) is 29.8. The number of nitrogens with zero attached hydrogens (tertiary/aromatic N) is 1. The number of aliphatic hydroxyl groups is 2. The number of aryl methyl sites for hydroxylation is 1. The maximum atomic E-state index is 13.7. The van der Waals surface area contributed by atoms with Crippen LogP contribution in [0.3, 0.4) is 0 Å². The number of carbonyl (C=O) groups is 2. The Morgan fingerprint density at radius 1 is 0.949 bits per heavy atom. The lowest BCUT2D eigenvalue weighted by Gasteiger charge is -2.39. The van der Waals surface area contributed by atoms with Crippen LogP contribution in [0.2, 0.25) is 0 Å². The number of phenolic OH excluding ortho intramolecular Hbond substituents is 2. The van der Waals surface area contributed by atoms with Crippen molar-refractivity contribution in [3.63, 3.8) is 0 Å². The lowest BCUT2D eigenvalue weighted by atomic mass is 9.74. The zero-order chi connectivity index (χ0) is 42.2. The second-order valence-corrected chi connectivity index (χ2v) is 17.6. The number of carbonyl (C=O) groups excluding carboxylic acids is 2. The number of rotatable bonds is 16. The molecule has 1 heterocycles. The van der Waals surface area contributed by atoms with Gasteiger partial charge in [0.15, 0.2) is 23.2 Å². The Balaban J connectivity index is 1.20. The number of aliphatic hydroxyl groups excluding tert-OH is 2. The quantitative estimate of drug-likeness (QED) is 0.0374. The largest absolute Gasteiger partial charge is 0.508 e. The lowest BCUT2D eigenvalue weighted by Crippen LogP contribution is -2.48. The Morgan fingerprint density at radius 2 is 1.75 bits per heavy atom. The molecule has 2 fully saturated rings. The zero-order valence-electron chi connectivity index (χ0n) is 35.0. The van der Waals surface area contributed by atoms with Crippen LogP contribution in [0.15, 0.2) is 41.4 Å². The number of fused-ring (bicyclic) bond motifs is 3. The smallest absolute Gasteiger partial charge is 0.185 e. The fraction of sp³-hybridized carbons (Fsp3) is 0.562. The molecule has 3 aromatic carbocycles. The highest BCUT2D eigenvalue weighted by molar-refractivity contribution is 5.91. The summed E-state index contributed by atoms with van der Waals surface area (Å²) in [6.07, 6.45) is 7.53.